The molecule has 0 amide bonds. The fourth-order valence-electron chi connectivity index (χ4n) is 2.43. The van der Waals surface area contributed by atoms with Crippen LogP contribution in [-0.4, -0.2) is 15.7 Å². The molecule has 0 aromatic heterocycles. The summed E-state index contributed by atoms with van der Waals surface area (Å²) in [5.74, 6) is 0. The molecule has 2 aliphatic rings. The molecule has 0 N–H and O–H groups in total. The molecule has 1 fully saturated rings. The minimum absolute atomic E-state index is 0.254. The van der Waals surface area contributed by atoms with Crippen LogP contribution in [0.4, 0.5) is 0 Å². The molecular formula is C13H13NOS. The van der Waals surface area contributed by atoms with E-state index in [4.69, 9.17) is 4.99 Å². The number of rotatable bonds is 1. The molecule has 1 aliphatic heterocycles. The summed E-state index contributed by atoms with van der Waals surface area (Å²) in [4.78, 5) is 16.7. The molecule has 0 radical (unpaired) electrons. The average Bonchev–Trinajstić information content (AvgIpc) is 2.91. The summed E-state index contributed by atoms with van der Waals surface area (Å²) in [6.45, 7) is 0. The molecule has 82 valence electrons. The first-order valence-electron chi connectivity index (χ1n) is 5.68. The lowest BCUT2D eigenvalue weighted by molar-refractivity contribution is -0.114. The molecule has 1 aromatic rings. The molecule has 1 saturated carbocycles. The van der Waals surface area contributed by atoms with Crippen molar-refractivity contribution < 1.29 is 4.79 Å². The van der Waals surface area contributed by atoms with Gasteiger partial charge in [-0.3, -0.25) is 9.79 Å². The number of hydrogen-bond acceptors (Lipinski definition) is 3. The van der Waals surface area contributed by atoms with E-state index in [1.807, 2.05) is 30.3 Å². The summed E-state index contributed by atoms with van der Waals surface area (Å²) in [5.41, 5.74) is 0.708. The molecule has 0 atom stereocenters. The van der Waals surface area contributed by atoms with Crippen LogP contribution in [0.1, 0.15) is 31.2 Å². The van der Waals surface area contributed by atoms with Crippen LogP contribution < -0.4 is 0 Å². The van der Waals surface area contributed by atoms with Crippen molar-refractivity contribution in [2.75, 3.05) is 0 Å². The lowest BCUT2D eigenvalue weighted by Gasteiger charge is -2.14. The Labute approximate surface area is 99.2 Å². The zero-order valence-electron chi connectivity index (χ0n) is 8.98. The summed E-state index contributed by atoms with van der Waals surface area (Å²) in [6.07, 6.45) is 4.15. The Morgan fingerprint density at radius 3 is 2.50 bits per heavy atom. The summed E-state index contributed by atoms with van der Waals surface area (Å²) in [6, 6.07) is 10.0. The van der Waals surface area contributed by atoms with E-state index < -0.39 is 0 Å². The monoisotopic (exact) mass is 231 g/mol. The first kappa shape index (κ1) is 10.1. The molecule has 1 aromatic carbocycles. The fraction of sp³-hybridized carbons (Fsp3) is 0.385. The van der Waals surface area contributed by atoms with Crippen molar-refractivity contribution in [3.8, 4) is 0 Å². The summed E-state index contributed by atoms with van der Waals surface area (Å²) in [5, 5.41) is 1.16. The molecular weight excluding hydrogens is 218 g/mol. The first-order chi connectivity index (χ1) is 7.80. The van der Waals surface area contributed by atoms with Gasteiger partial charge in [0.2, 0.25) is 5.12 Å². The van der Waals surface area contributed by atoms with Crippen LogP contribution >= 0.6 is 11.8 Å². The van der Waals surface area contributed by atoms with Crippen LogP contribution in [-0.2, 0) is 4.79 Å². The maximum Gasteiger partial charge on any atom is 0.222 e. The number of carbonyl (C=O) groups excluding carboxylic acids is 1. The molecule has 2 nitrogen and oxygen atoms in total. The van der Waals surface area contributed by atoms with Gasteiger partial charge in [0.1, 0.15) is 10.6 Å². The van der Waals surface area contributed by atoms with E-state index in [1.54, 1.807) is 0 Å². The average molecular weight is 231 g/mol. The smallest absolute Gasteiger partial charge is 0.222 e. The highest BCUT2D eigenvalue weighted by Gasteiger charge is 2.46. The first-order valence-corrected chi connectivity index (χ1v) is 6.49. The van der Waals surface area contributed by atoms with Gasteiger partial charge < -0.3 is 0 Å². The van der Waals surface area contributed by atoms with Crippen LogP contribution in [0.5, 0.6) is 0 Å². The minimum Gasteiger partial charge on any atom is -0.284 e. The largest absolute Gasteiger partial charge is 0.284 e. The highest BCUT2D eigenvalue weighted by Crippen LogP contribution is 2.43. The van der Waals surface area contributed by atoms with Gasteiger partial charge in [-0.1, -0.05) is 43.2 Å². The predicted molar refractivity (Wildman–Crippen MR) is 66.8 cm³/mol. The standard InChI is InChI=1S/C13H13NOS/c15-12-13(8-4-5-9-13)14-11(16-12)10-6-2-1-3-7-10/h1-3,6-7H,4-5,8-9H2. The topological polar surface area (TPSA) is 29.4 Å². The molecule has 1 aliphatic carbocycles. The summed E-state index contributed by atoms with van der Waals surface area (Å²) in [7, 11) is 0. The van der Waals surface area contributed by atoms with Crippen molar-refractivity contribution in [3.05, 3.63) is 35.9 Å². The summed E-state index contributed by atoms with van der Waals surface area (Å²) < 4.78 is 0. The molecule has 16 heavy (non-hydrogen) atoms. The van der Waals surface area contributed by atoms with Crippen LogP contribution in [0.25, 0.3) is 0 Å². The van der Waals surface area contributed by atoms with E-state index in [0.717, 1.165) is 36.3 Å². The Balaban J connectivity index is 1.97. The SMILES string of the molecule is O=C1SC(c2ccccc2)=NC12CCCC2. The van der Waals surface area contributed by atoms with Gasteiger partial charge in [0, 0.05) is 5.56 Å². The van der Waals surface area contributed by atoms with Crippen LogP contribution in [0.3, 0.4) is 0 Å². The number of aliphatic imine (C=N–C) groups is 1. The van der Waals surface area contributed by atoms with Crippen molar-refractivity contribution in [1.29, 1.82) is 0 Å². The Bertz CT molecular complexity index is 446. The maximum atomic E-state index is 12.0. The van der Waals surface area contributed by atoms with Gasteiger partial charge in [0.25, 0.3) is 0 Å². The Kier molecular flexibility index (Phi) is 2.36. The predicted octanol–water partition coefficient (Wildman–Crippen LogP) is 3.02. The minimum atomic E-state index is -0.365. The van der Waals surface area contributed by atoms with E-state index in [-0.39, 0.29) is 10.7 Å². The zero-order chi connectivity index (χ0) is 11.0. The lowest BCUT2D eigenvalue weighted by atomic mass is 10.0. The number of benzene rings is 1. The third kappa shape index (κ3) is 1.50. The second-order valence-corrected chi connectivity index (χ2v) is 5.37. The third-order valence-electron chi connectivity index (χ3n) is 3.34. The molecule has 3 rings (SSSR count). The number of thioether (sulfide) groups is 1. The molecule has 0 bridgehead atoms. The Morgan fingerprint density at radius 2 is 1.81 bits per heavy atom. The van der Waals surface area contributed by atoms with Gasteiger partial charge in [0.05, 0.1) is 0 Å². The van der Waals surface area contributed by atoms with E-state index in [0.29, 0.717) is 0 Å². The maximum absolute atomic E-state index is 12.0. The van der Waals surface area contributed by atoms with Crippen molar-refractivity contribution >= 4 is 21.9 Å². The summed E-state index contributed by atoms with van der Waals surface area (Å²) >= 11 is 1.33. The van der Waals surface area contributed by atoms with Gasteiger partial charge in [0.15, 0.2) is 0 Å². The van der Waals surface area contributed by atoms with Crippen LogP contribution in [0.15, 0.2) is 35.3 Å². The van der Waals surface area contributed by atoms with Crippen LogP contribution in [0, 0.1) is 0 Å². The second-order valence-electron chi connectivity index (χ2n) is 4.41. The molecule has 1 spiro atoms. The van der Waals surface area contributed by atoms with Crippen molar-refractivity contribution in [2.24, 2.45) is 4.99 Å². The van der Waals surface area contributed by atoms with Gasteiger partial charge >= 0.3 is 0 Å². The fourth-order valence-corrected chi connectivity index (χ4v) is 3.52. The zero-order valence-corrected chi connectivity index (χ0v) is 9.80. The van der Waals surface area contributed by atoms with Crippen LogP contribution in [0.2, 0.25) is 0 Å². The number of carbonyl (C=O) groups is 1. The highest BCUT2D eigenvalue weighted by atomic mass is 32.2. The van der Waals surface area contributed by atoms with Crippen molar-refractivity contribution in [2.45, 2.75) is 31.2 Å². The Hall–Kier alpha value is -1.09. The normalized spacial score (nSPS) is 22.8. The Morgan fingerprint density at radius 1 is 1.12 bits per heavy atom. The van der Waals surface area contributed by atoms with E-state index in [2.05, 4.69) is 0 Å². The lowest BCUT2D eigenvalue weighted by Crippen LogP contribution is -2.27. The number of nitrogens with zero attached hydrogens (tertiary/aromatic N) is 1. The van der Waals surface area contributed by atoms with Crippen molar-refractivity contribution in [3.63, 3.8) is 0 Å². The highest BCUT2D eigenvalue weighted by molar-refractivity contribution is 8.27. The van der Waals surface area contributed by atoms with E-state index in [1.165, 1.54) is 11.8 Å². The van der Waals surface area contributed by atoms with Crippen molar-refractivity contribution in [1.82, 2.24) is 0 Å². The quantitative estimate of drug-likeness (QED) is 0.743. The third-order valence-corrected chi connectivity index (χ3v) is 4.42. The number of hydrogen-bond donors (Lipinski definition) is 0. The van der Waals surface area contributed by atoms with Gasteiger partial charge in [-0.2, -0.15) is 0 Å². The van der Waals surface area contributed by atoms with Gasteiger partial charge in [-0.15, -0.1) is 0 Å². The van der Waals surface area contributed by atoms with Gasteiger partial charge in [-0.05, 0) is 24.6 Å². The van der Waals surface area contributed by atoms with E-state index in [9.17, 15) is 4.79 Å². The molecule has 1 heterocycles. The molecule has 3 heteroatoms. The second kappa shape index (κ2) is 3.74. The van der Waals surface area contributed by atoms with Gasteiger partial charge in [-0.25, -0.2) is 0 Å². The molecule has 0 saturated heterocycles. The molecule has 0 unspecified atom stereocenters. The van der Waals surface area contributed by atoms with E-state index >= 15 is 0 Å².